The van der Waals surface area contributed by atoms with E-state index in [1.807, 2.05) is 37.2 Å². The number of nitrogens with zero attached hydrogens (tertiary/aromatic N) is 6. The van der Waals surface area contributed by atoms with Gasteiger partial charge in [-0.2, -0.15) is 0 Å². The summed E-state index contributed by atoms with van der Waals surface area (Å²) in [7, 11) is 6.04. The fourth-order valence-corrected chi connectivity index (χ4v) is 4.77. The van der Waals surface area contributed by atoms with E-state index in [9.17, 15) is 4.39 Å². The fourth-order valence-electron chi connectivity index (χ4n) is 4.77. The van der Waals surface area contributed by atoms with Gasteiger partial charge in [-0.05, 0) is 56.3 Å². The Kier molecular flexibility index (Phi) is 5.17. The van der Waals surface area contributed by atoms with E-state index in [1.165, 1.54) is 23.9 Å². The number of rotatable bonds is 5. The van der Waals surface area contributed by atoms with Crippen LogP contribution in [0.15, 0.2) is 42.7 Å². The van der Waals surface area contributed by atoms with Crippen LogP contribution in [0.2, 0.25) is 0 Å². The first-order chi connectivity index (χ1) is 15.4. The van der Waals surface area contributed by atoms with Gasteiger partial charge in [0.15, 0.2) is 5.82 Å². The van der Waals surface area contributed by atoms with Crippen molar-refractivity contribution in [1.29, 1.82) is 0 Å². The number of benzene rings is 1. The molecule has 32 heavy (non-hydrogen) atoms. The highest BCUT2D eigenvalue weighted by Gasteiger charge is 2.41. The second kappa shape index (κ2) is 8.02. The van der Waals surface area contributed by atoms with E-state index >= 15 is 0 Å². The lowest BCUT2D eigenvalue weighted by atomic mass is 10.1. The normalized spacial score (nSPS) is 20.1. The third kappa shape index (κ3) is 3.75. The van der Waals surface area contributed by atoms with Crippen LogP contribution in [0.5, 0.6) is 0 Å². The van der Waals surface area contributed by atoms with Gasteiger partial charge in [0.25, 0.3) is 0 Å². The minimum atomic E-state index is -0.476. The zero-order valence-corrected chi connectivity index (χ0v) is 18.9. The molecular weight excluding hydrogens is 405 g/mol. The molecule has 0 saturated carbocycles. The highest BCUT2D eigenvalue weighted by Crippen LogP contribution is 2.36. The van der Waals surface area contributed by atoms with E-state index in [0.717, 1.165) is 24.6 Å². The Morgan fingerprint density at radius 1 is 1.06 bits per heavy atom. The Balaban J connectivity index is 1.35. The molecule has 0 spiro atoms. The maximum Gasteiger partial charge on any atom is 0.227 e. The van der Waals surface area contributed by atoms with Gasteiger partial charge in [0.1, 0.15) is 11.5 Å². The second-order valence-corrected chi connectivity index (χ2v) is 8.95. The molecule has 8 heteroatoms. The molecule has 0 unspecified atom stereocenters. The molecule has 2 saturated heterocycles. The molecule has 4 heterocycles. The summed E-state index contributed by atoms with van der Waals surface area (Å²) in [5, 5.41) is 3.23. The Labute approximate surface area is 187 Å². The minimum absolute atomic E-state index is 0.228. The Morgan fingerprint density at radius 3 is 2.53 bits per heavy atom. The summed E-state index contributed by atoms with van der Waals surface area (Å²) < 4.78 is 14.4. The van der Waals surface area contributed by atoms with Gasteiger partial charge in [-0.15, -0.1) is 0 Å². The maximum atomic E-state index is 14.4. The number of hydrogen-bond donors (Lipinski definition) is 1. The van der Waals surface area contributed by atoms with Gasteiger partial charge in [0.05, 0.1) is 6.20 Å². The van der Waals surface area contributed by atoms with Crippen LogP contribution in [0, 0.1) is 12.7 Å². The Morgan fingerprint density at radius 2 is 1.91 bits per heavy atom. The number of halogens is 1. The van der Waals surface area contributed by atoms with E-state index in [0.29, 0.717) is 23.6 Å². The van der Waals surface area contributed by atoms with E-state index in [2.05, 4.69) is 56.2 Å². The molecule has 2 aromatic heterocycles. The van der Waals surface area contributed by atoms with Gasteiger partial charge < -0.3 is 15.1 Å². The van der Waals surface area contributed by atoms with E-state index in [-0.39, 0.29) is 5.69 Å². The molecule has 0 radical (unpaired) electrons. The summed E-state index contributed by atoms with van der Waals surface area (Å²) in [6.45, 7) is 4.34. The summed E-state index contributed by atoms with van der Waals surface area (Å²) >= 11 is 0. The van der Waals surface area contributed by atoms with Crippen molar-refractivity contribution in [3.63, 3.8) is 0 Å². The number of pyridine rings is 1. The predicted molar refractivity (Wildman–Crippen MR) is 126 cm³/mol. The number of nitrogens with one attached hydrogen (secondary N) is 1. The third-order valence-corrected chi connectivity index (χ3v) is 6.50. The molecule has 2 aliphatic rings. The van der Waals surface area contributed by atoms with Crippen molar-refractivity contribution >= 4 is 23.1 Å². The molecule has 3 aromatic rings. The number of likely N-dealkylation sites (N-methyl/N-ethyl adjacent to an activating group) is 1. The van der Waals surface area contributed by atoms with Crippen LogP contribution in [-0.4, -0.2) is 66.2 Å². The largest absolute Gasteiger partial charge is 0.365 e. The quantitative estimate of drug-likeness (QED) is 0.659. The van der Waals surface area contributed by atoms with Crippen molar-refractivity contribution in [3.8, 4) is 11.3 Å². The van der Waals surface area contributed by atoms with Crippen LogP contribution in [-0.2, 0) is 0 Å². The molecule has 1 N–H and O–H groups in total. The van der Waals surface area contributed by atoms with Crippen LogP contribution in [0.25, 0.3) is 11.3 Å². The number of piperazine rings is 1. The number of hydrogen-bond acceptors (Lipinski definition) is 7. The first kappa shape index (κ1) is 20.6. The lowest BCUT2D eigenvalue weighted by Crippen LogP contribution is -2.44. The number of aromatic nitrogens is 3. The molecule has 5 rings (SSSR count). The molecule has 2 fully saturated rings. The summed E-state index contributed by atoms with van der Waals surface area (Å²) in [4.78, 5) is 19.8. The fraction of sp³-hybridized carbons (Fsp3) is 0.375. The van der Waals surface area contributed by atoms with Gasteiger partial charge in [0.2, 0.25) is 5.95 Å². The monoisotopic (exact) mass is 433 g/mol. The minimum Gasteiger partial charge on any atom is -0.365 e. The van der Waals surface area contributed by atoms with Gasteiger partial charge in [-0.1, -0.05) is 0 Å². The highest BCUT2D eigenvalue weighted by atomic mass is 19.1. The van der Waals surface area contributed by atoms with Gasteiger partial charge >= 0.3 is 0 Å². The van der Waals surface area contributed by atoms with Crippen LogP contribution in [0.4, 0.5) is 27.5 Å². The van der Waals surface area contributed by atoms with Gasteiger partial charge in [0, 0.05) is 62.4 Å². The average molecular weight is 434 g/mol. The molecule has 166 valence electrons. The first-order valence-corrected chi connectivity index (χ1v) is 10.9. The van der Waals surface area contributed by atoms with E-state index in [1.54, 1.807) is 6.20 Å². The van der Waals surface area contributed by atoms with Gasteiger partial charge in [-0.25, -0.2) is 19.3 Å². The van der Waals surface area contributed by atoms with Crippen molar-refractivity contribution in [2.24, 2.45) is 0 Å². The molecule has 1 aromatic carbocycles. The summed E-state index contributed by atoms with van der Waals surface area (Å²) in [5.74, 6) is 0.678. The van der Waals surface area contributed by atoms with Crippen molar-refractivity contribution < 1.29 is 4.39 Å². The van der Waals surface area contributed by atoms with Crippen molar-refractivity contribution in [3.05, 3.63) is 54.1 Å². The number of anilines is 4. The number of aryl methyl sites for hydroxylation is 1. The SMILES string of the molecule is Cc1cc(Nc2ncc(F)c(-c3ccc(N(C)C)nc3)n2)ccc1N1C[C@@H]2C[C@H]1CN2C. The topological polar surface area (TPSA) is 60.4 Å². The summed E-state index contributed by atoms with van der Waals surface area (Å²) in [5.41, 5.74) is 4.20. The van der Waals surface area contributed by atoms with Crippen LogP contribution >= 0.6 is 0 Å². The predicted octanol–water partition coefficient (Wildman–Crippen LogP) is 3.69. The van der Waals surface area contributed by atoms with Gasteiger partial charge in [-0.3, -0.25) is 4.90 Å². The molecule has 2 aliphatic heterocycles. The lowest BCUT2D eigenvalue weighted by Gasteiger charge is -2.34. The molecular formula is C24H28FN7. The number of fused-ring (bicyclic) bond motifs is 2. The Bertz CT molecular complexity index is 1130. The van der Waals surface area contributed by atoms with Crippen molar-refractivity contribution in [2.75, 3.05) is 49.3 Å². The van der Waals surface area contributed by atoms with Crippen molar-refractivity contribution in [1.82, 2.24) is 19.9 Å². The van der Waals surface area contributed by atoms with Crippen molar-refractivity contribution in [2.45, 2.75) is 25.4 Å². The molecule has 7 nitrogen and oxygen atoms in total. The Hall–Kier alpha value is -3.26. The zero-order chi connectivity index (χ0) is 22.4. The number of likely N-dealkylation sites (tertiary alicyclic amines) is 1. The molecule has 2 atom stereocenters. The highest BCUT2D eigenvalue weighted by molar-refractivity contribution is 5.66. The molecule has 0 aliphatic carbocycles. The summed E-state index contributed by atoms with van der Waals surface area (Å²) in [6.07, 6.45) is 4.07. The summed E-state index contributed by atoms with van der Waals surface area (Å²) in [6, 6.07) is 11.2. The zero-order valence-electron chi connectivity index (χ0n) is 18.9. The van der Waals surface area contributed by atoms with Crippen LogP contribution < -0.4 is 15.1 Å². The molecule has 0 amide bonds. The average Bonchev–Trinajstić information content (AvgIpc) is 3.35. The van der Waals surface area contributed by atoms with Crippen LogP contribution in [0.1, 0.15) is 12.0 Å². The first-order valence-electron chi connectivity index (χ1n) is 10.9. The smallest absolute Gasteiger partial charge is 0.227 e. The third-order valence-electron chi connectivity index (χ3n) is 6.50. The van der Waals surface area contributed by atoms with E-state index in [4.69, 9.17) is 0 Å². The van der Waals surface area contributed by atoms with Crippen LogP contribution in [0.3, 0.4) is 0 Å². The standard InChI is InChI=1S/C24H28FN7/c1-15-9-17(6-7-21(15)32-14-18-10-19(32)13-31(18)4)28-24-27-12-20(25)23(29-24)16-5-8-22(26-11-16)30(2)3/h5-9,11-12,18-19H,10,13-14H2,1-4H3,(H,27,28,29)/t18-,19-/m0/s1. The lowest BCUT2D eigenvalue weighted by molar-refractivity contribution is 0.292. The maximum absolute atomic E-state index is 14.4. The molecule has 2 bridgehead atoms. The van der Waals surface area contributed by atoms with E-state index < -0.39 is 5.82 Å². The second-order valence-electron chi connectivity index (χ2n) is 8.95.